The lowest BCUT2D eigenvalue weighted by atomic mass is 10.1. The van der Waals surface area contributed by atoms with Crippen molar-refractivity contribution in [3.63, 3.8) is 0 Å². The van der Waals surface area contributed by atoms with Crippen LogP contribution in [0, 0.1) is 0 Å². The Balaban J connectivity index is 2.50. The van der Waals surface area contributed by atoms with Gasteiger partial charge in [0.1, 0.15) is 6.04 Å². The van der Waals surface area contributed by atoms with Crippen molar-refractivity contribution >= 4 is 12.0 Å². The molecule has 1 atom stereocenters. The van der Waals surface area contributed by atoms with E-state index in [4.69, 9.17) is 0 Å². The lowest BCUT2D eigenvalue weighted by Crippen LogP contribution is -2.49. The smallest absolute Gasteiger partial charge is 0.326 e. The summed E-state index contributed by atoms with van der Waals surface area (Å²) in [5.41, 5.74) is 1.06. The second-order valence-corrected chi connectivity index (χ2v) is 5.05. The number of carbonyl (C=O) groups is 2. The third kappa shape index (κ3) is 6.29. The Morgan fingerprint density at radius 2 is 1.71 bits per heavy atom. The number of carboxylic acids is 1. The van der Waals surface area contributed by atoms with Gasteiger partial charge in [-0.3, -0.25) is 0 Å². The van der Waals surface area contributed by atoms with Crippen LogP contribution in [0.5, 0.6) is 0 Å². The molecule has 0 radical (unpaired) electrons. The monoisotopic (exact) mass is 292 g/mol. The molecule has 1 rings (SSSR count). The number of hydrogen-bond donors (Lipinski definition) is 3. The Morgan fingerprint density at radius 3 is 2.24 bits per heavy atom. The molecule has 0 heterocycles. The number of rotatable bonds is 8. The first-order valence-corrected chi connectivity index (χ1v) is 7.40. The molecule has 1 unspecified atom stereocenters. The van der Waals surface area contributed by atoms with Gasteiger partial charge in [0, 0.05) is 6.04 Å². The molecule has 1 aromatic carbocycles. The maximum absolute atomic E-state index is 11.8. The van der Waals surface area contributed by atoms with Crippen molar-refractivity contribution in [2.45, 2.75) is 51.6 Å². The predicted molar refractivity (Wildman–Crippen MR) is 82.2 cm³/mol. The van der Waals surface area contributed by atoms with Crippen LogP contribution in [0.3, 0.4) is 0 Å². The summed E-state index contributed by atoms with van der Waals surface area (Å²) in [5.74, 6) is -1.01. The van der Waals surface area contributed by atoms with Gasteiger partial charge in [0.15, 0.2) is 0 Å². The SMILES string of the molecule is CCC(CC)NC(=O)NC(CCc1ccccc1)C(=O)O. The van der Waals surface area contributed by atoms with E-state index >= 15 is 0 Å². The zero-order valence-corrected chi connectivity index (χ0v) is 12.6. The topological polar surface area (TPSA) is 78.4 Å². The van der Waals surface area contributed by atoms with Crippen LogP contribution < -0.4 is 10.6 Å². The average molecular weight is 292 g/mol. The highest BCUT2D eigenvalue weighted by atomic mass is 16.4. The molecule has 5 heteroatoms. The standard InChI is InChI=1S/C16H24N2O3/c1-3-13(4-2)17-16(21)18-14(15(19)20)11-10-12-8-6-5-7-9-12/h5-9,13-14H,3-4,10-11H2,1-2H3,(H,19,20)(H2,17,18,21). The number of benzene rings is 1. The van der Waals surface area contributed by atoms with E-state index in [1.165, 1.54) is 0 Å². The summed E-state index contributed by atoms with van der Waals surface area (Å²) < 4.78 is 0. The minimum Gasteiger partial charge on any atom is -0.480 e. The molecule has 21 heavy (non-hydrogen) atoms. The van der Waals surface area contributed by atoms with Crippen molar-refractivity contribution in [1.29, 1.82) is 0 Å². The molecule has 1 aromatic rings. The van der Waals surface area contributed by atoms with E-state index in [1.807, 2.05) is 44.2 Å². The van der Waals surface area contributed by atoms with E-state index in [2.05, 4.69) is 10.6 Å². The maximum atomic E-state index is 11.8. The van der Waals surface area contributed by atoms with E-state index in [0.29, 0.717) is 12.8 Å². The zero-order chi connectivity index (χ0) is 15.7. The highest BCUT2D eigenvalue weighted by Crippen LogP contribution is 2.05. The Labute approximate surface area is 125 Å². The molecule has 0 bridgehead atoms. The van der Waals surface area contributed by atoms with Crippen molar-refractivity contribution < 1.29 is 14.7 Å². The molecule has 0 saturated heterocycles. The summed E-state index contributed by atoms with van der Waals surface area (Å²) in [4.78, 5) is 23.1. The van der Waals surface area contributed by atoms with Gasteiger partial charge in [-0.15, -0.1) is 0 Å². The van der Waals surface area contributed by atoms with Crippen molar-refractivity contribution in [3.05, 3.63) is 35.9 Å². The van der Waals surface area contributed by atoms with E-state index in [1.54, 1.807) is 0 Å². The lowest BCUT2D eigenvalue weighted by molar-refractivity contribution is -0.139. The number of carboxylic acid groups (broad SMARTS) is 1. The zero-order valence-electron chi connectivity index (χ0n) is 12.6. The predicted octanol–water partition coefficient (Wildman–Crippen LogP) is 2.56. The fraction of sp³-hybridized carbons (Fsp3) is 0.500. The van der Waals surface area contributed by atoms with E-state index in [0.717, 1.165) is 18.4 Å². The van der Waals surface area contributed by atoms with Crippen LogP contribution in [0.25, 0.3) is 0 Å². The van der Waals surface area contributed by atoms with Crippen LogP contribution in [0.15, 0.2) is 30.3 Å². The first-order valence-electron chi connectivity index (χ1n) is 7.40. The number of hydrogen-bond acceptors (Lipinski definition) is 2. The van der Waals surface area contributed by atoms with Gasteiger partial charge in [-0.05, 0) is 31.2 Å². The molecule has 2 amide bonds. The molecule has 0 spiro atoms. The number of aliphatic carboxylic acids is 1. The van der Waals surface area contributed by atoms with E-state index < -0.39 is 18.0 Å². The van der Waals surface area contributed by atoms with Crippen molar-refractivity contribution in [3.8, 4) is 0 Å². The highest BCUT2D eigenvalue weighted by molar-refractivity contribution is 5.82. The first-order chi connectivity index (χ1) is 10.1. The number of urea groups is 1. The van der Waals surface area contributed by atoms with Crippen LogP contribution in [0.2, 0.25) is 0 Å². The van der Waals surface area contributed by atoms with Crippen molar-refractivity contribution in [1.82, 2.24) is 10.6 Å². The van der Waals surface area contributed by atoms with Crippen LogP contribution >= 0.6 is 0 Å². The summed E-state index contributed by atoms with van der Waals surface area (Å²) >= 11 is 0. The van der Waals surface area contributed by atoms with E-state index in [9.17, 15) is 14.7 Å². The van der Waals surface area contributed by atoms with Gasteiger partial charge in [0.25, 0.3) is 0 Å². The van der Waals surface area contributed by atoms with Crippen molar-refractivity contribution in [2.75, 3.05) is 0 Å². The second kappa shape index (κ2) is 9.00. The van der Waals surface area contributed by atoms with Gasteiger partial charge >= 0.3 is 12.0 Å². The third-order valence-corrected chi connectivity index (χ3v) is 3.49. The molecule has 0 aliphatic heterocycles. The molecule has 0 aliphatic carbocycles. The molecule has 3 N–H and O–H groups in total. The maximum Gasteiger partial charge on any atom is 0.326 e. The molecule has 0 saturated carbocycles. The molecule has 5 nitrogen and oxygen atoms in total. The van der Waals surface area contributed by atoms with Gasteiger partial charge in [0.05, 0.1) is 0 Å². The molecule has 0 aliphatic rings. The number of nitrogens with one attached hydrogen (secondary N) is 2. The summed E-state index contributed by atoms with van der Waals surface area (Å²) in [6, 6.07) is 8.43. The Morgan fingerprint density at radius 1 is 1.10 bits per heavy atom. The normalized spacial score (nSPS) is 12.0. The minimum atomic E-state index is -1.01. The number of aryl methyl sites for hydroxylation is 1. The Hall–Kier alpha value is -2.04. The first kappa shape index (κ1) is 17.0. The van der Waals surface area contributed by atoms with Crippen LogP contribution in [-0.2, 0) is 11.2 Å². The summed E-state index contributed by atoms with van der Waals surface area (Å²) in [7, 11) is 0. The fourth-order valence-corrected chi connectivity index (χ4v) is 2.09. The van der Waals surface area contributed by atoms with Crippen LogP contribution in [0.4, 0.5) is 4.79 Å². The molecule has 0 fully saturated rings. The van der Waals surface area contributed by atoms with Crippen LogP contribution in [0.1, 0.15) is 38.7 Å². The largest absolute Gasteiger partial charge is 0.480 e. The van der Waals surface area contributed by atoms with Gasteiger partial charge in [-0.2, -0.15) is 0 Å². The van der Waals surface area contributed by atoms with Gasteiger partial charge in [-0.1, -0.05) is 44.2 Å². The van der Waals surface area contributed by atoms with Gasteiger partial charge in [-0.25, -0.2) is 9.59 Å². The minimum absolute atomic E-state index is 0.0774. The Bertz CT molecular complexity index is 444. The fourth-order valence-electron chi connectivity index (χ4n) is 2.09. The molecule has 0 aromatic heterocycles. The quantitative estimate of drug-likeness (QED) is 0.689. The summed E-state index contributed by atoms with van der Waals surface area (Å²) in [6.07, 6.45) is 2.64. The Kier molecular flexibility index (Phi) is 7.29. The van der Waals surface area contributed by atoms with E-state index in [-0.39, 0.29) is 6.04 Å². The lowest BCUT2D eigenvalue weighted by Gasteiger charge is -2.19. The van der Waals surface area contributed by atoms with Gasteiger partial charge < -0.3 is 15.7 Å². The molecule has 116 valence electrons. The molecular weight excluding hydrogens is 268 g/mol. The second-order valence-electron chi connectivity index (χ2n) is 5.05. The highest BCUT2D eigenvalue weighted by Gasteiger charge is 2.20. The summed E-state index contributed by atoms with van der Waals surface area (Å²) in [6.45, 7) is 3.97. The number of amides is 2. The number of carbonyl (C=O) groups excluding carboxylic acids is 1. The summed E-state index contributed by atoms with van der Waals surface area (Å²) in [5, 5.41) is 14.5. The van der Waals surface area contributed by atoms with Crippen molar-refractivity contribution in [2.24, 2.45) is 0 Å². The third-order valence-electron chi connectivity index (χ3n) is 3.49. The average Bonchev–Trinajstić information content (AvgIpc) is 2.49. The van der Waals surface area contributed by atoms with Crippen LogP contribution in [-0.4, -0.2) is 29.2 Å². The van der Waals surface area contributed by atoms with Gasteiger partial charge in [0.2, 0.25) is 0 Å². The molecular formula is C16H24N2O3.